The lowest BCUT2D eigenvalue weighted by molar-refractivity contribution is -0.278. The summed E-state index contributed by atoms with van der Waals surface area (Å²) in [6.07, 6.45) is 0.114. The molecule has 2 atom stereocenters. The minimum atomic E-state index is -0.563. The summed E-state index contributed by atoms with van der Waals surface area (Å²) in [6, 6.07) is 18.0. The van der Waals surface area contributed by atoms with E-state index in [0.717, 1.165) is 16.9 Å². The van der Waals surface area contributed by atoms with Gasteiger partial charge in [-0.25, -0.2) is 14.6 Å². The number of amides is 1. The van der Waals surface area contributed by atoms with Crippen LogP contribution in [-0.4, -0.2) is 49.0 Å². The molecule has 0 N–H and O–H groups in total. The Labute approximate surface area is 172 Å². The highest BCUT2D eigenvalue weighted by atomic mass is 17.2. The second-order valence-corrected chi connectivity index (χ2v) is 8.11. The maximum Gasteiger partial charge on any atom is 0.410 e. The van der Waals surface area contributed by atoms with E-state index in [-0.39, 0.29) is 24.8 Å². The zero-order chi connectivity index (χ0) is 20.9. The van der Waals surface area contributed by atoms with Crippen LogP contribution >= 0.6 is 0 Å². The van der Waals surface area contributed by atoms with Gasteiger partial charge in [0.1, 0.15) is 24.1 Å². The van der Waals surface area contributed by atoms with Gasteiger partial charge in [0.05, 0.1) is 19.7 Å². The second kappa shape index (κ2) is 9.29. The molecule has 0 saturated carbocycles. The van der Waals surface area contributed by atoms with Gasteiger partial charge in [-0.3, -0.25) is 4.90 Å². The Morgan fingerprint density at radius 1 is 1.07 bits per heavy atom. The first-order valence-electron chi connectivity index (χ1n) is 9.83. The molecule has 1 unspecified atom stereocenters. The third kappa shape index (κ3) is 5.95. The summed E-state index contributed by atoms with van der Waals surface area (Å²) < 4.78 is 11.8. The van der Waals surface area contributed by atoms with Gasteiger partial charge in [0.25, 0.3) is 0 Å². The normalized spacial score (nSPS) is 19.2. The van der Waals surface area contributed by atoms with E-state index in [0.29, 0.717) is 13.0 Å². The van der Waals surface area contributed by atoms with Crippen LogP contribution in [0.15, 0.2) is 54.6 Å². The van der Waals surface area contributed by atoms with Crippen LogP contribution in [0.1, 0.15) is 27.2 Å². The Bertz CT molecular complexity index is 802. The Hall–Kier alpha value is -2.57. The van der Waals surface area contributed by atoms with E-state index in [4.69, 9.17) is 19.2 Å². The van der Waals surface area contributed by atoms with Gasteiger partial charge in [0, 0.05) is 6.42 Å². The minimum Gasteiger partial charge on any atom is -0.488 e. The number of hydrogen-bond donors (Lipinski definition) is 0. The largest absolute Gasteiger partial charge is 0.488 e. The molecule has 1 aliphatic heterocycles. The standard InChI is InChI=1S/C23H29NO5/c1-23(2,3)29-22(25)24-15-21(14-19(24)16-27-26-4)28-20-12-8-11-18(13-20)17-9-6-5-7-10-17/h5-13,19,21H,14-16H2,1-4H3/t19?,21-/m1/s1. The van der Waals surface area contributed by atoms with Gasteiger partial charge >= 0.3 is 6.09 Å². The van der Waals surface area contributed by atoms with Gasteiger partial charge in [-0.2, -0.15) is 0 Å². The van der Waals surface area contributed by atoms with E-state index in [1.54, 1.807) is 4.90 Å². The Morgan fingerprint density at radius 3 is 2.48 bits per heavy atom. The average molecular weight is 399 g/mol. The number of nitrogens with zero attached hydrogens (tertiary/aromatic N) is 1. The molecule has 0 radical (unpaired) electrons. The van der Waals surface area contributed by atoms with Gasteiger partial charge in [-0.1, -0.05) is 42.5 Å². The van der Waals surface area contributed by atoms with Crippen LogP contribution in [0.2, 0.25) is 0 Å². The lowest BCUT2D eigenvalue weighted by atomic mass is 10.1. The molecule has 1 aliphatic rings. The fraction of sp³-hybridized carbons (Fsp3) is 0.435. The van der Waals surface area contributed by atoms with Crippen molar-refractivity contribution in [1.82, 2.24) is 4.90 Å². The zero-order valence-corrected chi connectivity index (χ0v) is 17.5. The van der Waals surface area contributed by atoms with E-state index in [1.807, 2.05) is 57.2 Å². The Balaban J connectivity index is 1.70. The molecular weight excluding hydrogens is 370 g/mol. The molecule has 6 heteroatoms. The lowest BCUT2D eigenvalue weighted by Gasteiger charge is -2.27. The molecule has 0 bridgehead atoms. The molecule has 1 saturated heterocycles. The van der Waals surface area contributed by atoms with Crippen molar-refractivity contribution >= 4 is 6.09 Å². The monoisotopic (exact) mass is 399 g/mol. The van der Waals surface area contributed by atoms with Crippen LogP contribution in [-0.2, 0) is 14.5 Å². The van der Waals surface area contributed by atoms with Gasteiger partial charge < -0.3 is 9.47 Å². The smallest absolute Gasteiger partial charge is 0.410 e. The van der Waals surface area contributed by atoms with Crippen molar-refractivity contribution in [3.05, 3.63) is 54.6 Å². The van der Waals surface area contributed by atoms with Crippen LogP contribution < -0.4 is 4.74 Å². The van der Waals surface area contributed by atoms with Crippen molar-refractivity contribution in [3.8, 4) is 16.9 Å². The fourth-order valence-electron chi connectivity index (χ4n) is 3.38. The molecule has 3 rings (SSSR count). The van der Waals surface area contributed by atoms with Crippen molar-refractivity contribution in [2.24, 2.45) is 0 Å². The van der Waals surface area contributed by atoms with Crippen molar-refractivity contribution < 1.29 is 24.0 Å². The maximum absolute atomic E-state index is 12.6. The molecule has 6 nitrogen and oxygen atoms in total. The first-order chi connectivity index (χ1) is 13.9. The summed E-state index contributed by atoms with van der Waals surface area (Å²) in [5.74, 6) is 0.772. The number of likely N-dealkylation sites (tertiary alicyclic amines) is 1. The van der Waals surface area contributed by atoms with Crippen LogP contribution in [0.25, 0.3) is 11.1 Å². The Kier molecular flexibility index (Phi) is 6.77. The maximum atomic E-state index is 12.6. The van der Waals surface area contributed by atoms with Gasteiger partial charge in [-0.15, -0.1) is 0 Å². The zero-order valence-electron chi connectivity index (χ0n) is 17.5. The van der Waals surface area contributed by atoms with Crippen LogP contribution in [0.4, 0.5) is 4.79 Å². The van der Waals surface area contributed by atoms with E-state index in [9.17, 15) is 4.79 Å². The van der Waals surface area contributed by atoms with Crippen molar-refractivity contribution in [3.63, 3.8) is 0 Å². The minimum absolute atomic E-state index is 0.154. The molecule has 0 aliphatic carbocycles. The quantitative estimate of drug-likeness (QED) is 0.521. The highest BCUT2D eigenvalue weighted by molar-refractivity contribution is 5.69. The molecule has 29 heavy (non-hydrogen) atoms. The fourth-order valence-corrected chi connectivity index (χ4v) is 3.38. The molecule has 0 spiro atoms. The topological polar surface area (TPSA) is 57.2 Å². The molecule has 1 amide bonds. The highest BCUT2D eigenvalue weighted by Gasteiger charge is 2.39. The Morgan fingerprint density at radius 2 is 1.79 bits per heavy atom. The summed E-state index contributed by atoms with van der Waals surface area (Å²) >= 11 is 0. The molecule has 2 aromatic carbocycles. The number of ether oxygens (including phenoxy) is 2. The molecule has 156 valence electrons. The van der Waals surface area contributed by atoms with Crippen LogP contribution in [0.5, 0.6) is 5.75 Å². The highest BCUT2D eigenvalue weighted by Crippen LogP contribution is 2.28. The summed E-state index contributed by atoms with van der Waals surface area (Å²) in [4.78, 5) is 24.1. The predicted molar refractivity (Wildman–Crippen MR) is 111 cm³/mol. The molecule has 1 heterocycles. The number of benzene rings is 2. The third-order valence-corrected chi connectivity index (χ3v) is 4.63. The number of carbonyl (C=O) groups is 1. The first kappa shape index (κ1) is 21.1. The summed E-state index contributed by atoms with van der Waals surface area (Å²) in [5, 5.41) is 0. The van der Waals surface area contributed by atoms with E-state index in [2.05, 4.69) is 18.2 Å². The van der Waals surface area contributed by atoms with E-state index in [1.165, 1.54) is 7.11 Å². The molecule has 0 aromatic heterocycles. The van der Waals surface area contributed by atoms with E-state index >= 15 is 0 Å². The van der Waals surface area contributed by atoms with Crippen molar-refractivity contribution in [1.29, 1.82) is 0 Å². The predicted octanol–water partition coefficient (Wildman–Crippen LogP) is 4.69. The number of carbonyl (C=O) groups excluding carboxylic acids is 1. The summed E-state index contributed by atoms with van der Waals surface area (Å²) in [6.45, 7) is 6.25. The third-order valence-electron chi connectivity index (χ3n) is 4.63. The van der Waals surface area contributed by atoms with Crippen LogP contribution in [0, 0.1) is 0 Å². The molecule has 1 fully saturated rings. The van der Waals surface area contributed by atoms with Gasteiger partial charge in [0.15, 0.2) is 0 Å². The van der Waals surface area contributed by atoms with E-state index < -0.39 is 5.60 Å². The van der Waals surface area contributed by atoms with Crippen molar-refractivity contribution in [2.45, 2.75) is 44.9 Å². The SMILES string of the molecule is COOCC1C[C@@H](Oc2cccc(-c3ccccc3)c2)CN1C(=O)OC(C)(C)C. The second-order valence-electron chi connectivity index (χ2n) is 8.11. The van der Waals surface area contributed by atoms with Crippen molar-refractivity contribution in [2.75, 3.05) is 20.3 Å². The average Bonchev–Trinajstić information content (AvgIpc) is 3.09. The van der Waals surface area contributed by atoms with Gasteiger partial charge in [0.2, 0.25) is 0 Å². The molecule has 2 aromatic rings. The lowest BCUT2D eigenvalue weighted by Crippen LogP contribution is -2.42. The van der Waals surface area contributed by atoms with Gasteiger partial charge in [-0.05, 0) is 44.0 Å². The number of rotatable bonds is 6. The number of hydrogen-bond acceptors (Lipinski definition) is 5. The molecular formula is C23H29NO5. The summed E-state index contributed by atoms with van der Waals surface area (Å²) in [5.41, 5.74) is 1.66. The van der Waals surface area contributed by atoms with Crippen LogP contribution in [0.3, 0.4) is 0 Å². The first-order valence-corrected chi connectivity index (χ1v) is 9.83. The summed E-state index contributed by atoms with van der Waals surface area (Å²) in [7, 11) is 1.45.